The number of aromatic nitrogens is 2. The molecule has 116 valence electrons. The zero-order valence-corrected chi connectivity index (χ0v) is 12.9. The van der Waals surface area contributed by atoms with Crippen molar-refractivity contribution in [3.05, 3.63) is 66.5 Å². The maximum atomic E-state index is 5.95. The van der Waals surface area contributed by atoms with Gasteiger partial charge in [0.15, 0.2) is 0 Å². The molecule has 1 aliphatic heterocycles. The van der Waals surface area contributed by atoms with Crippen molar-refractivity contribution in [1.29, 1.82) is 0 Å². The molecule has 2 heterocycles. The summed E-state index contributed by atoms with van der Waals surface area (Å²) in [5.41, 5.74) is 2.22. The van der Waals surface area contributed by atoms with Gasteiger partial charge < -0.3 is 10.1 Å². The Morgan fingerprint density at radius 3 is 2.74 bits per heavy atom. The molecule has 0 bridgehead atoms. The first kappa shape index (κ1) is 14.2. The highest BCUT2D eigenvalue weighted by molar-refractivity contribution is 5.88. The Morgan fingerprint density at radius 1 is 1.00 bits per heavy atom. The van der Waals surface area contributed by atoms with Gasteiger partial charge in [0, 0.05) is 24.5 Å². The third-order valence-electron chi connectivity index (χ3n) is 4.42. The minimum atomic E-state index is 0.164. The summed E-state index contributed by atoms with van der Waals surface area (Å²) in [5.74, 6) is 1.35. The van der Waals surface area contributed by atoms with Gasteiger partial charge in [0.25, 0.3) is 0 Å². The zero-order valence-electron chi connectivity index (χ0n) is 12.9. The maximum absolute atomic E-state index is 5.95. The van der Waals surface area contributed by atoms with E-state index in [1.54, 1.807) is 6.33 Å². The number of fused-ring (bicyclic) bond motifs is 1. The molecule has 0 spiro atoms. The van der Waals surface area contributed by atoms with E-state index in [1.165, 1.54) is 5.56 Å². The summed E-state index contributed by atoms with van der Waals surface area (Å²) < 4.78 is 5.95. The van der Waals surface area contributed by atoms with E-state index in [4.69, 9.17) is 4.74 Å². The van der Waals surface area contributed by atoms with E-state index < -0.39 is 0 Å². The number of para-hydroxylation sites is 1. The van der Waals surface area contributed by atoms with E-state index in [1.807, 2.05) is 24.3 Å². The Hall–Kier alpha value is -2.46. The Labute approximate surface area is 135 Å². The first-order valence-electron chi connectivity index (χ1n) is 8.02. The second-order valence-corrected chi connectivity index (χ2v) is 5.87. The van der Waals surface area contributed by atoms with Crippen molar-refractivity contribution in [1.82, 2.24) is 9.97 Å². The van der Waals surface area contributed by atoms with Gasteiger partial charge in [0.05, 0.1) is 11.6 Å². The fourth-order valence-electron chi connectivity index (χ4n) is 3.23. The Bertz CT molecular complexity index is 785. The number of hydrogen-bond donors (Lipinski definition) is 1. The topological polar surface area (TPSA) is 47.0 Å². The summed E-state index contributed by atoms with van der Waals surface area (Å²) in [6.07, 6.45) is 2.84. The van der Waals surface area contributed by atoms with Gasteiger partial charge in [-0.1, -0.05) is 42.5 Å². The maximum Gasteiger partial charge on any atom is 0.137 e. The summed E-state index contributed by atoms with van der Waals surface area (Å²) in [6, 6.07) is 18.5. The van der Waals surface area contributed by atoms with E-state index >= 15 is 0 Å². The van der Waals surface area contributed by atoms with Crippen LogP contribution in [0.15, 0.2) is 60.9 Å². The molecule has 4 rings (SSSR count). The number of anilines is 1. The molecular weight excluding hydrogens is 286 g/mol. The smallest absolute Gasteiger partial charge is 0.137 e. The number of ether oxygens (including phenoxy) is 1. The summed E-state index contributed by atoms with van der Waals surface area (Å²) >= 11 is 0. The van der Waals surface area contributed by atoms with Crippen LogP contribution in [-0.4, -0.2) is 23.1 Å². The first-order chi connectivity index (χ1) is 11.4. The summed E-state index contributed by atoms with van der Waals surface area (Å²) in [4.78, 5) is 8.71. The molecule has 23 heavy (non-hydrogen) atoms. The Morgan fingerprint density at radius 2 is 1.83 bits per heavy atom. The molecular formula is C19H19N3O. The van der Waals surface area contributed by atoms with Gasteiger partial charge in [0.1, 0.15) is 12.1 Å². The zero-order chi connectivity index (χ0) is 15.5. The third kappa shape index (κ3) is 2.90. The van der Waals surface area contributed by atoms with Crippen molar-refractivity contribution in [2.75, 3.05) is 18.5 Å². The third-order valence-corrected chi connectivity index (χ3v) is 4.42. The van der Waals surface area contributed by atoms with Crippen molar-refractivity contribution in [2.45, 2.75) is 12.5 Å². The average Bonchev–Trinajstić information content (AvgIpc) is 3.09. The fourth-order valence-corrected chi connectivity index (χ4v) is 3.23. The van der Waals surface area contributed by atoms with E-state index in [0.29, 0.717) is 5.92 Å². The van der Waals surface area contributed by atoms with Gasteiger partial charge in [-0.3, -0.25) is 0 Å². The molecule has 1 aliphatic rings. The fraction of sp³-hybridized carbons (Fsp3) is 0.263. The van der Waals surface area contributed by atoms with Crippen LogP contribution in [0.2, 0.25) is 0 Å². The van der Waals surface area contributed by atoms with Gasteiger partial charge in [-0.15, -0.1) is 0 Å². The van der Waals surface area contributed by atoms with E-state index in [0.717, 1.165) is 36.3 Å². The van der Waals surface area contributed by atoms with E-state index in [2.05, 4.69) is 45.6 Å². The predicted octanol–water partition coefficient (Wildman–Crippen LogP) is 3.82. The first-order valence-corrected chi connectivity index (χ1v) is 8.02. The molecule has 1 fully saturated rings. The van der Waals surface area contributed by atoms with Gasteiger partial charge in [0.2, 0.25) is 0 Å². The van der Waals surface area contributed by atoms with Crippen LogP contribution in [0.1, 0.15) is 18.1 Å². The molecule has 0 aliphatic carbocycles. The molecule has 4 heteroatoms. The lowest BCUT2D eigenvalue weighted by molar-refractivity contribution is 0.0933. The largest absolute Gasteiger partial charge is 0.373 e. The lowest BCUT2D eigenvalue weighted by atomic mass is 9.95. The number of hydrogen-bond acceptors (Lipinski definition) is 4. The quantitative estimate of drug-likeness (QED) is 0.796. The van der Waals surface area contributed by atoms with Crippen LogP contribution in [0.25, 0.3) is 10.9 Å². The van der Waals surface area contributed by atoms with Gasteiger partial charge in [-0.05, 0) is 24.1 Å². The number of benzene rings is 2. The number of rotatable bonds is 4. The molecule has 1 N–H and O–H groups in total. The average molecular weight is 305 g/mol. The molecule has 1 aromatic heterocycles. The van der Waals surface area contributed by atoms with Crippen LogP contribution in [0.3, 0.4) is 0 Å². The van der Waals surface area contributed by atoms with Crippen molar-refractivity contribution in [2.24, 2.45) is 5.92 Å². The summed E-state index contributed by atoms with van der Waals surface area (Å²) in [7, 11) is 0. The highest BCUT2D eigenvalue weighted by Crippen LogP contribution is 2.34. The predicted molar refractivity (Wildman–Crippen MR) is 91.3 cm³/mol. The molecule has 4 nitrogen and oxygen atoms in total. The highest BCUT2D eigenvalue weighted by Gasteiger charge is 2.29. The molecule has 2 aromatic carbocycles. The van der Waals surface area contributed by atoms with Gasteiger partial charge in [-0.25, -0.2) is 9.97 Å². The molecule has 2 atom stereocenters. The van der Waals surface area contributed by atoms with Crippen molar-refractivity contribution in [3.63, 3.8) is 0 Å². The molecule has 2 unspecified atom stereocenters. The van der Waals surface area contributed by atoms with Crippen molar-refractivity contribution < 1.29 is 4.74 Å². The van der Waals surface area contributed by atoms with Gasteiger partial charge >= 0.3 is 0 Å². The van der Waals surface area contributed by atoms with Crippen LogP contribution < -0.4 is 5.32 Å². The molecule has 0 radical (unpaired) electrons. The second-order valence-electron chi connectivity index (χ2n) is 5.87. The van der Waals surface area contributed by atoms with Gasteiger partial charge in [-0.2, -0.15) is 0 Å². The Kier molecular flexibility index (Phi) is 3.90. The lowest BCUT2D eigenvalue weighted by Crippen LogP contribution is -2.18. The van der Waals surface area contributed by atoms with Crippen molar-refractivity contribution >= 4 is 16.7 Å². The highest BCUT2D eigenvalue weighted by atomic mass is 16.5. The molecule has 0 amide bonds. The minimum absolute atomic E-state index is 0.164. The number of nitrogens with zero attached hydrogens (tertiary/aromatic N) is 2. The van der Waals surface area contributed by atoms with E-state index in [-0.39, 0.29) is 6.10 Å². The van der Waals surface area contributed by atoms with Crippen molar-refractivity contribution in [3.8, 4) is 0 Å². The second kappa shape index (κ2) is 6.34. The minimum Gasteiger partial charge on any atom is -0.373 e. The summed E-state index contributed by atoms with van der Waals surface area (Å²) in [5, 5.41) is 4.56. The number of nitrogens with one attached hydrogen (secondary N) is 1. The molecule has 1 saturated heterocycles. The van der Waals surface area contributed by atoms with Crippen LogP contribution in [0, 0.1) is 5.92 Å². The standard InChI is InChI=1S/C19H19N3O/c1-2-6-14(7-3-1)18-15(10-11-23-18)12-20-19-16-8-4-5-9-17(16)21-13-22-19/h1-9,13,15,18H,10-12H2,(H,20,21,22). The van der Waals surface area contributed by atoms with Crippen LogP contribution in [0.5, 0.6) is 0 Å². The molecule has 3 aromatic rings. The van der Waals surface area contributed by atoms with Crippen LogP contribution in [-0.2, 0) is 4.74 Å². The Balaban J connectivity index is 1.52. The summed E-state index contributed by atoms with van der Waals surface area (Å²) in [6.45, 7) is 1.66. The van der Waals surface area contributed by atoms with E-state index in [9.17, 15) is 0 Å². The normalized spacial score (nSPS) is 20.7. The SMILES string of the molecule is c1ccc(C2OCCC2CNc2ncnc3ccccc23)cc1. The van der Waals surface area contributed by atoms with Crippen LogP contribution >= 0.6 is 0 Å². The molecule has 0 saturated carbocycles. The lowest BCUT2D eigenvalue weighted by Gasteiger charge is -2.20. The van der Waals surface area contributed by atoms with Crippen LogP contribution in [0.4, 0.5) is 5.82 Å². The monoisotopic (exact) mass is 305 g/mol.